The van der Waals surface area contributed by atoms with Gasteiger partial charge in [0, 0.05) is 19.6 Å². The number of nitrogens with one attached hydrogen (secondary N) is 1. The summed E-state index contributed by atoms with van der Waals surface area (Å²) in [5.41, 5.74) is 2.20. The standard InChI is InChI=1S/C14H21N3O2.ClH/c1-9-7-12(17(3)11-5-6-15-8-11)16-10(2)13(9)14(18)19-4;/h7,11,15H,5-6,8H2,1-4H3;1H/t11-;/m1./s1. The van der Waals surface area contributed by atoms with E-state index in [9.17, 15) is 4.79 Å². The Kier molecular flexibility index (Phi) is 5.77. The Hall–Kier alpha value is -1.33. The van der Waals surface area contributed by atoms with E-state index in [0.29, 0.717) is 11.6 Å². The molecule has 1 fully saturated rings. The summed E-state index contributed by atoms with van der Waals surface area (Å²) >= 11 is 0. The fourth-order valence-electron chi connectivity index (χ4n) is 2.56. The van der Waals surface area contributed by atoms with Crippen molar-refractivity contribution in [3.8, 4) is 0 Å². The van der Waals surface area contributed by atoms with Crippen LogP contribution in [0.3, 0.4) is 0 Å². The number of pyridine rings is 1. The van der Waals surface area contributed by atoms with Gasteiger partial charge >= 0.3 is 5.97 Å². The fourth-order valence-corrected chi connectivity index (χ4v) is 2.56. The summed E-state index contributed by atoms with van der Waals surface area (Å²) in [4.78, 5) is 18.4. The molecule has 0 radical (unpaired) electrons. The molecule has 0 spiro atoms. The third kappa shape index (κ3) is 3.22. The van der Waals surface area contributed by atoms with Gasteiger partial charge in [-0.1, -0.05) is 0 Å². The predicted octanol–water partition coefficient (Wildman–Crippen LogP) is 1.70. The van der Waals surface area contributed by atoms with Crippen LogP contribution in [0, 0.1) is 13.8 Å². The number of methoxy groups -OCH3 is 1. The summed E-state index contributed by atoms with van der Waals surface area (Å²) in [6.45, 7) is 5.80. The predicted molar refractivity (Wildman–Crippen MR) is 82.0 cm³/mol. The number of carbonyl (C=O) groups excluding carboxylic acids is 1. The second-order valence-electron chi connectivity index (χ2n) is 5.01. The molecule has 5 nitrogen and oxygen atoms in total. The summed E-state index contributed by atoms with van der Waals surface area (Å²) in [5.74, 6) is 0.593. The van der Waals surface area contributed by atoms with Gasteiger partial charge in [-0.3, -0.25) is 0 Å². The number of anilines is 1. The van der Waals surface area contributed by atoms with Gasteiger partial charge in [0.2, 0.25) is 0 Å². The zero-order chi connectivity index (χ0) is 14.0. The lowest BCUT2D eigenvalue weighted by Gasteiger charge is -2.26. The third-order valence-corrected chi connectivity index (χ3v) is 3.72. The molecule has 0 saturated carbocycles. The van der Waals surface area contributed by atoms with Gasteiger partial charge in [-0.15, -0.1) is 12.4 Å². The number of carbonyl (C=O) groups is 1. The Labute approximate surface area is 126 Å². The molecule has 0 aromatic carbocycles. The maximum Gasteiger partial charge on any atom is 0.339 e. The molecule has 0 bridgehead atoms. The van der Waals surface area contributed by atoms with E-state index in [-0.39, 0.29) is 18.4 Å². The van der Waals surface area contributed by atoms with Crippen LogP contribution in [0.25, 0.3) is 0 Å². The van der Waals surface area contributed by atoms with Crippen LogP contribution in [-0.2, 0) is 4.74 Å². The minimum absolute atomic E-state index is 0. The maximum absolute atomic E-state index is 11.7. The van der Waals surface area contributed by atoms with Crippen molar-refractivity contribution in [2.24, 2.45) is 0 Å². The smallest absolute Gasteiger partial charge is 0.339 e. The molecular formula is C14H22ClN3O2. The molecule has 1 aliphatic heterocycles. The number of nitrogens with zero attached hydrogens (tertiary/aromatic N) is 2. The second-order valence-corrected chi connectivity index (χ2v) is 5.01. The first kappa shape index (κ1) is 16.7. The van der Waals surface area contributed by atoms with Crippen molar-refractivity contribution >= 4 is 24.2 Å². The number of likely N-dealkylation sites (N-methyl/N-ethyl adjacent to an activating group) is 1. The third-order valence-electron chi connectivity index (χ3n) is 3.72. The Balaban J connectivity index is 0.00000200. The van der Waals surface area contributed by atoms with Crippen molar-refractivity contribution in [2.45, 2.75) is 26.3 Å². The van der Waals surface area contributed by atoms with Crippen LogP contribution in [0.4, 0.5) is 5.82 Å². The highest BCUT2D eigenvalue weighted by Crippen LogP contribution is 2.22. The van der Waals surface area contributed by atoms with Crippen LogP contribution >= 0.6 is 12.4 Å². The molecule has 0 aliphatic carbocycles. The van der Waals surface area contributed by atoms with E-state index in [1.807, 2.05) is 19.9 Å². The normalized spacial score (nSPS) is 17.5. The molecule has 2 rings (SSSR count). The Bertz CT molecular complexity index is 464. The van der Waals surface area contributed by atoms with E-state index in [1.54, 1.807) is 0 Å². The van der Waals surface area contributed by atoms with Gasteiger partial charge in [0.25, 0.3) is 0 Å². The maximum atomic E-state index is 11.7. The Morgan fingerprint density at radius 3 is 2.70 bits per heavy atom. The lowest BCUT2D eigenvalue weighted by atomic mass is 10.1. The molecule has 0 unspecified atom stereocenters. The van der Waals surface area contributed by atoms with Crippen molar-refractivity contribution in [1.82, 2.24) is 10.3 Å². The van der Waals surface area contributed by atoms with Crippen LogP contribution < -0.4 is 10.2 Å². The minimum atomic E-state index is -0.320. The van der Waals surface area contributed by atoms with Crippen molar-refractivity contribution in [3.63, 3.8) is 0 Å². The largest absolute Gasteiger partial charge is 0.465 e. The summed E-state index contributed by atoms with van der Waals surface area (Å²) in [5, 5.41) is 3.35. The first-order valence-electron chi connectivity index (χ1n) is 6.54. The number of aryl methyl sites for hydroxylation is 2. The van der Waals surface area contributed by atoms with Crippen molar-refractivity contribution in [1.29, 1.82) is 0 Å². The summed E-state index contributed by atoms with van der Waals surface area (Å²) in [7, 11) is 3.45. The van der Waals surface area contributed by atoms with Gasteiger partial charge in [-0.05, 0) is 38.4 Å². The quantitative estimate of drug-likeness (QED) is 0.861. The summed E-state index contributed by atoms with van der Waals surface area (Å²) < 4.78 is 4.80. The number of halogens is 1. The van der Waals surface area contributed by atoms with Gasteiger partial charge in [-0.25, -0.2) is 9.78 Å². The SMILES string of the molecule is COC(=O)c1c(C)cc(N(C)[C@@H]2CCNC2)nc1C.Cl. The van der Waals surface area contributed by atoms with Crippen LogP contribution in [0.5, 0.6) is 0 Å². The van der Waals surface area contributed by atoms with E-state index in [2.05, 4.69) is 22.2 Å². The number of hydrogen-bond donors (Lipinski definition) is 1. The first-order chi connectivity index (χ1) is 9.04. The van der Waals surface area contributed by atoms with Crippen LogP contribution in [0.1, 0.15) is 28.0 Å². The monoisotopic (exact) mass is 299 g/mol. The molecule has 20 heavy (non-hydrogen) atoms. The summed E-state index contributed by atoms with van der Waals surface area (Å²) in [6.07, 6.45) is 1.12. The molecule has 1 saturated heterocycles. The molecule has 1 aromatic rings. The van der Waals surface area contributed by atoms with Crippen molar-refractivity contribution in [2.75, 3.05) is 32.1 Å². The number of esters is 1. The molecule has 1 aromatic heterocycles. The number of hydrogen-bond acceptors (Lipinski definition) is 5. The zero-order valence-electron chi connectivity index (χ0n) is 12.4. The lowest BCUT2D eigenvalue weighted by molar-refractivity contribution is 0.0598. The van der Waals surface area contributed by atoms with Gasteiger partial charge < -0.3 is 15.0 Å². The van der Waals surface area contributed by atoms with Gasteiger partial charge in [-0.2, -0.15) is 0 Å². The van der Waals surface area contributed by atoms with E-state index >= 15 is 0 Å². The van der Waals surface area contributed by atoms with E-state index < -0.39 is 0 Å². The molecule has 1 aliphatic rings. The van der Waals surface area contributed by atoms with Crippen molar-refractivity contribution < 1.29 is 9.53 Å². The summed E-state index contributed by atoms with van der Waals surface area (Å²) in [6, 6.07) is 2.42. The average molecular weight is 300 g/mol. The lowest BCUT2D eigenvalue weighted by Crippen LogP contribution is -2.34. The Morgan fingerprint density at radius 2 is 2.20 bits per heavy atom. The van der Waals surface area contributed by atoms with E-state index in [0.717, 1.165) is 36.6 Å². The van der Waals surface area contributed by atoms with Gasteiger partial charge in [0.05, 0.1) is 18.4 Å². The highest BCUT2D eigenvalue weighted by atomic mass is 35.5. The number of rotatable bonds is 3. The van der Waals surface area contributed by atoms with Crippen molar-refractivity contribution in [3.05, 3.63) is 22.9 Å². The van der Waals surface area contributed by atoms with Gasteiger partial charge in [0.1, 0.15) is 5.82 Å². The number of ether oxygens (including phenoxy) is 1. The minimum Gasteiger partial charge on any atom is -0.465 e. The molecule has 112 valence electrons. The highest BCUT2D eigenvalue weighted by molar-refractivity contribution is 5.92. The molecule has 6 heteroatoms. The zero-order valence-corrected chi connectivity index (χ0v) is 13.2. The highest BCUT2D eigenvalue weighted by Gasteiger charge is 2.22. The van der Waals surface area contributed by atoms with Crippen LogP contribution in [0.15, 0.2) is 6.07 Å². The van der Waals surface area contributed by atoms with Crippen LogP contribution in [0.2, 0.25) is 0 Å². The average Bonchev–Trinajstić information content (AvgIpc) is 2.90. The van der Waals surface area contributed by atoms with Crippen LogP contribution in [-0.4, -0.2) is 44.2 Å². The molecular weight excluding hydrogens is 278 g/mol. The second kappa shape index (κ2) is 6.90. The Morgan fingerprint density at radius 1 is 1.50 bits per heavy atom. The van der Waals surface area contributed by atoms with E-state index in [4.69, 9.17) is 4.74 Å². The fraction of sp³-hybridized carbons (Fsp3) is 0.571. The molecule has 1 atom stereocenters. The molecule has 0 amide bonds. The first-order valence-corrected chi connectivity index (χ1v) is 6.54. The van der Waals surface area contributed by atoms with E-state index in [1.165, 1.54) is 7.11 Å². The molecule has 1 N–H and O–H groups in total. The topological polar surface area (TPSA) is 54.5 Å². The van der Waals surface area contributed by atoms with Gasteiger partial charge in [0.15, 0.2) is 0 Å². The number of aromatic nitrogens is 1. The molecule has 2 heterocycles.